The van der Waals surface area contributed by atoms with E-state index < -0.39 is 11.8 Å². The van der Waals surface area contributed by atoms with Crippen LogP contribution in [-0.2, 0) is 27.3 Å². The molecule has 0 bridgehead atoms. The lowest BCUT2D eigenvalue weighted by molar-refractivity contribution is -0.154. The summed E-state index contributed by atoms with van der Waals surface area (Å²) in [4.78, 5) is 31.7. The van der Waals surface area contributed by atoms with Gasteiger partial charge in [-0.25, -0.2) is 0 Å². The van der Waals surface area contributed by atoms with Gasteiger partial charge in [0.2, 0.25) is 5.95 Å². The number of thiophene rings is 1. The molecule has 2 aliphatic heterocycles. The highest BCUT2D eigenvalue weighted by Crippen LogP contribution is 2.20. The summed E-state index contributed by atoms with van der Waals surface area (Å²) in [7, 11) is 0. The topological polar surface area (TPSA) is 83.8 Å². The number of anilines is 1. The molecule has 2 saturated heterocycles. The molecule has 0 aromatic carbocycles. The lowest BCUT2D eigenvalue weighted by atomic mass is 10.3. The van der Waals surface area contributed by atoms with Crippen LogP contribution >= 0.6 is 11.3 Å². The molecule has 2 aromatic heterocycles. The van der Waals surface area contributed by atoms with Gasteiger partial charge in [-0.05, 0) is 11.4 Å². The highest BCUT2D eigenvalue weighted by Gasteiger charge is 2.31. The number of rotatable bonds is 4. The summed E-state index contributed by atoms with van der Waals surface area (Å²) in [5, 5.41) is 10.8. The van der Waals surface area contributed by atoms with Crippen LogP contribution in [0.25, 0.3) is 0 Å². The van der Waals surface area contributed by atoms with Crippen molar-refractivity contribution in [1.29, 1.82) is 0 Å². The van der Waals surface area contributed by atoms with Crippen LogP contribution in [0.3, 0.4) is 0 Å². The molecule has 2 fully saturated rings. The zero-order chi connectivity index (χ0) is 20.2. The normalized spacial score (nSPS) is 17.6. The number of piperazine rings is 1. The molecule has 156 valence electrons. The molecule has 2 amide bonds. The summed E-state index contributed by atoms with van der Waals surface area (Å²) in [6.07, 6.45) is 0.810. The summed E-state index contributed by atoms with van der Waals surface area (Å²) in [6, 6.07) is 4.16. The van der Waals surface area contributed by atoms with Crippen molar-refractivity contribution in [2.24, 2.45) is 0 Å². The summed E-state index contributed by atoms with van der Waals surface area (Å²) >= 11 is 1.72. The van der Waals surface area contributed by atoms with Crippen LogP contribution in [-0.4, -0.2) is 88.9 Å². The number of carbonyl (C=O) groups excluding carboxylic acids is 2. The molecular formula is C19H26N6O3S. The average molecular weight is 419 g/mol. The van der Waals surface area contributed by atoms with Gasteiger partial charge in [-0.15, -0.1) is 21.5 Å². The Morgan fingerprint density at radius 3 is 2.34 bits per heavy atom. The number of nitrogens with zero attached hydrogens (tertiary/aromatic N) is 6. The Labute approximate surface area is 173 Å². The SMILES string of the molecule is CCc1nnc(N2CCN(C(=O)C(=O)N3CCOCC3)CC2)n1Cc1cccs1. The van der Waals surface area contributed by atoms with E-state index in [1.54, 1.807) is 21.1 Å². The second-order valence-electron chi connectivity index (χ2n) is 7.12. The van der Waals surface area contributed by atoms with Gasteiger partial charge < -0.3 is 19.4 Å². The third-order valence-electron chi connectivity index (χ3n) is 5.35. The van der Waals surface area contributed by atoms with Crippen molar-refractivity contribution in [3.05, 3.63) is 28.2 Å². The van der Waals surface area contributed by atoms with E-state index in [-0.39, 0.29) is 0 Å². The maximum atomic E-state index is 12.6. The number of ether oxygens (including phenoxy) is 1. The fourth-order valence-electron chi connectivity index (χ4n) is 3.69. The van der Waals surface area contributed by atoms with E-state index in [1.165, 1.54) is 4.88 Å². The number of aryl methyl sites for hydroxylation is 1. The third kappa shape index (κ3) is 4.27. The predicted octanol–water partition coefficient (Wildman–Crippen LogP) is 0.458. The van der Waals surface area contributed by atoms with Crippen LogP contribution < -0.4 is 4.90 Å². The first-order chi connectivity index (χ1) is 14.2. The van der Waals surface area contributed by atoms with Crippen molar-refractivity contribution in [3.63, 3.8) is 0 Å². The first-order valence-electron chi connectivity index (χ1n) is 10.0. The largest absolute Gasteiger partial charge is 0.378 e. The van der Waals surface area contributed by atoms with Gasteiger partial charge in [0.1, 0.15) is 5.82 Å². The van der Waals surface area contributed by atoms with Crippen LogP contribution in [0.2, 0.25) is 0 Å². The van der Waals surface area contributed by atoms with Crippen LogP contribution in [0.5, 0.6) is 0 Å². The van der Waals surface area contributed by atoms with Crippen molar-refractivity contribution >= 4 is 29.1 Å². The van der Waals surface area contributed by atoms with E-state index in [4.69, 9.17) is 4.74 Å². The van der Waals surface area contributed by atoms with Gasteiger partial charge in [-0.2, -0.15) is 0 Å². The number of hydrogen-bond acceptors (Lipinski definition) is 7. The number of hydrogen-bond donors (Lipinski definition) is 0. The monoisotopic (exact) mass is 418 g/mol. The molecule has 9 nitrogen and oxygen atoms in total. The Morgan fingerprint density at radius 2 is 1.72 bits per heavy atom. The van der Waals surface area contributed by atoms with E-state index in [0.29, 0.717) is 52.5 Å². The van der Waals surface area contributed by atoms with Crippen molar-refractivity contribution in [2.45, 2.75) is 19.9 Å². The van der Waals surface area contributed by atoms with Crippen LogP contribution in [0.4, 0.5) is 5.95 Å². The van der Waals surface area contributed by atoms with Gasteiger partial charge in [0.05, 0.1) is 19.8 Å². The van der Waals surface area contributed by atoms with E-state index in [0.717, 1.165) is 24.7 Å². The lowest BCUT2D eigenvalue weighted by Gasteiger charge is -2.36. The van der Waals surface area contributed by atoms with Crippen molar-refractivity contribution in [2.75, 3.05) is 57.4 Å². The maximum Gasteiger partial charge on any atom is 0.312 e. The molecule has 0 aliphatic carbocycles. The molecule has 0 spiro atoms. The molecule has 4 rings (SSSR count). The molecule has 0 saturated carbocycles. The minimum Gasteiger partial charge on any atom is -0.378 e. The van der Waals surface area contributed by atoms with E-state index in [2.05, 4.69) is 38.0 Å². The zero-order valence-corrected chi connectivity index (χ0v) is 17.4. The average Bonchev–Trinajstić information content (AvgIpc) is 3.43. The molecule has 0 atom stereocenters. The van der Waals surface area contributed by atoms with Gasteiger partial charge >= 0.3 is 11.8 Å². The van der Waals surface area contributed by atoms with Crippen molar-refractivity contribution in [3.8, 4) is 0 Å². The summed E-state index contributed by atoms with van der Waals surface area (Å²) in [6.45, 7) is 7.04. The van der Waals surface area contributed by atoms with Gasteiger partial charge in [0.25, 0.3) is 0 Å². The Balaban J connectivity index is 1.40. The Bertz CT molecular complexity index is 838. The van der Waals surface area contributed by atoms with Gasteiger partial charge in [-0.3, -0.25) is 14.2 Å². The molecular weight excluding hydrogens is 392 g/mol. The molecule has 29 heavy (non-hydrogen) atoms. The van der Waals surface area contributed by atoms with Gasteiger partial charge in [-0.1, -0.05) is 13.0 Å². The second kappa shape index (κ2) is 8.91. The van der Waals surface area contributed by atoms with Crippen LogP contribution in [0.15, 0.2) is 17.5 Å². The molecule has 2 aromatic rings. The minimum absolute atomic E-state index is 0.416. The molecule has 0 unspecified atom stereocenters. The second-order valence-corrected chi connectivity index (χ2v) is 8.15. The fourth-order valence-corrected chi connectivity index (χ4v) is 4.38. The van der Waals surface area contributed by atoms with E-state index in [9.17, 15) is 9.59 Å². The minimum atomic E-state index is -0.420. The quantitative estimate of drug-likeness (QED) is 0.671. The number of carbonyl (C=O) groups is 2. The van der Waals surface area contributed by atoms with E-state index >= 15 is 0 Å². The molecule has 4 heterocycles. The predicted molar refractivity (Wildman–Crippen MR) is 109 cm³/mol. The molecule has 0 radical (unpaired) electrons. The van der Waals surface area contributed by atoms with Crippen molar-refractivity contribution in [1.82, 2.24) is 24.6 Å². The summed E-state index contributed by atoms with van der Waals surface area (Å²) in [5.74, 6) is 0.952. The fraction of sp³-hybridized carbons (Fsp3) is 0.579. The zero-order valence-electron chi connectivity index (χ0n) is 16.6. The van der Waals surface area contributed by atoms with Gasteiger partial charge in [0, 0.05) is 50.6 Å². The highest BCUT2D eigenvalue weighted by atomic mass is 32.1. The highest BCUT2D eigenvalue weighted by molar-refractivity contribution is 7.09. The van der Waals surface area contributed by atoms with E-state index in [1.807, 2.05) is 6.07 Å². The summed E-state index contributed by atoms with van der Waals surface area (Å²) < 4.78 is 7.41. The van der Waals surface area contributed by atoms with Crippen LogP contribution in [0.1, 0.15) is 17.6 Å². The Hall–Kier alpha value is -2.46. The summed E-state index contributed by atoms with van der Waals surface area (Å²) in [5.41, 5.74) is 0. The number of aromatic nitrogens is 3. The molecule has 2 aliphatic rings. The Kier molecular flexibility index (Phi) is 6.10. The van der Waals surface area contributed by atoms with Gasteiger partial charge in [0.15, 0.2) is 0 Å². The molecule has 10 heteroatoms. The standard InChI is InChI=1S/C19H26N6O3S/c1-2-16-20-21-19(25(16)14-15-4-3-13-29-15)24-7-5-22(6-8-24)17(26)18(27)23-9-11-28-12-10-23/h3-4,13H,2,5-12,14H2,1H3. The smallest absolute Gasteiger partial charge is 0.312 e. The number of amides is 2. The molecule has 0 N–H and O–H groups in total. The lowest BCUT2D eigenvalue weighted by Crippen LogP contribution is -2.55. The van der Waals surface area contributed by atoms with Crippen LogP contribution in [0, 0.1) is 0 Å². The first-order valence-corrected chi connectivity index (χ1v) is 10.9. The first kappa shape index (κ1) is 19.8. The maximum absolute atomic E-state index is 12.6. The third-order valence-corrected chi connectivity index (χ3v) is 6.21. The number of morpholine rings is 1. The van der Waals surface area contributed by atoms with Crippen molar-refractivity contribution < 1.29 is 14.3 Å². The Morgan fingerprint density at radius 1 is 1.03 bits per heavy atom.